The molecule has 0 aromatic heterocycles. The molecule has 0 bridgehead atoms. The zero-order valence-electron chi connectivity index (χ0n) is 13.0. The smallest absolute Gasteiger partial charge is 0.193 e. The summed E-state index contributed by atoms with van der Waals surface area (Å²) in [6.07, 6.45) is 3.60. The summed E-state index contributed by atoms with van der Waals surface area (Å²) in [6.45, 7) is 9.80. The van der Waals surface area contributed by atoms with E-state index in [2.05, 4.69) is 17.1 Å². The third-order valence-electron chi connectivity index (χ3n) is 4.78. The van der Waals surface area contributed by atoms with Crippen molar-refractivity contribution in [2.45, 2.75) is 26.2 Å². The molecule has 3 aliphatic rings. The second-order valence-corrected chi connectivity index (χ2v) is 6.40. The molecule has 3 fully saturated rings. The van der Waals surface area contributed by atoms with Crippen molar-refractivity contribution in [1.82, 2.24) is 10.2 Å². The molecule has 3 heterocycles. The van der Waals surface area contributed by atoms with Crippen LogP contribution in [0.5, 0.6) is 0 Å². The average molecular weight is 409 g/mol. The first kappa shape index (κ1) is 17.3. The molecule has 1 spiro atoms. The summed E-state index contributed by atoms with van der Waals surface area (Å²) < 4.78 is 11.0. The Labute approximate surface area is 144 Å². The highest BCUT2D eigenvalue weighted by Gasteiger charge is 2.42. The van der Waals surface area contributed by atoms with Gasteiger partial charge in [0.1, 0.15) is 0 Å². The van der Waals surface area contributed by atoms with Crippen LogP contribution >= 0.6 is 24.0 Å². The third kappa shape index (κ3) is 4.22. The minimum atomic E-state index is 0. The predicted molar refractivity (Wildman–Crippen MR) is 94.4 cm³/mol. The Bertz CT molecular complexity index is 353. The van der Waals surface area contributed by atoms with Gasteiger partial charge in [-0.25, -0.2) is 0 Å². The zero-order chi connectivity index (χ0) is 13.8. The molecular formula is C15H28IN3O2. The van der Waals surface area contributed by atoms with Gasteiger partial charge in [0.05, 0.1) is 13.2 Å². The van der Waals surface area contributed by atoms with Crippen LogP contribution in [0.4, 0.5) is 0 Å². The van der Waals surface area contributed by atoms with Gasteiger partial charge in [-0.3, -0.25) is 4.99 Å². The van der Waals surface area contributed by atoms with E-state index in [-0.39, 0.29) is 24.0 Å². The molecule has 2 atom stereocenters. The van der Waals surface area contributed by atoms with Crippen molar-refractivity contribution in [3.63, 3.8) is 0 Å². The highest BCUT2D eigenvalue weighted by Crippen LogP contribution is 2.38. The van der Waals surface area contributed by atoms with E-state index >= 15 is 0 Å². The van der Waals surface area contributed by atoms with Gasteiger partial charge in [-0.05, 0) is 26.2 Å². The van der Waals surface area contributed by atoms with Gasteiger partial charge in [-0.15, -0.1) is 24.0 Å². The molecule has 0 aromatic carbocycles. The number of nitrogens with one attached hydrogen (secondary N) is 1. The van der Waals surface area contributed by atoms with Crippen molar-refractivity contribution < 1.29 is 9.47 Å². The highest BCUT2D eigenvalue weighted by atomic mass is 127. The van der Waals surface area contributed by atoms with Gasteiger partial charge in [-0.2, -0.15) is 0 Å². The van der Waals surface area contributed by atoms with E-state index in [9.17, 15) is 0 Å². The van der Waals surface area contributed by atoms with Crippen LogP contribution in [0.15, 0.2) is 4.99 Å². The molecule has 3 aliphatic heterocycles. The number of ether oxygens (including phenoxy) is 2. The third-order valence-corrected chi connectivity index (χ3v) is 4.78. The summed E-state index contributed by atoms with van der Waals surface area (Å²) in [5.41, 5.74) is 0.395. The molecule has 0 aliphatic carbocycles. The lowest BCUT2D eigenvalue weighted by molar-refractivity contribution is 0.156. The number of rotatable bonds is 3. The topological polar surface area (TPSA) is 46.1 Å². The van der Waals surface area contributed by atoms with E-state index < -0.39 is 0 Å². The second-order valence-electron chi connectivity index (χ2n) is 6.40. The Balaban J connectivity index is 0.00000161. The van der Waals surface area contributed by atoms with E-state index in [0.717, 1.165) is 65.0 Å². The van der Waals surface area contributed by atoms with Crippen LogP contribution in [0, 0.1) is 11.3 Å². The Morgan fingerprint density at radius 1 is 1.33 bits per heavy atom. The van der Waals surface area contributed by atoms with Gasteiger partial charge in [-0.1, -0.05) is 0 Å². The van der Waals surface area contributed by atoms with Crippen LogP contribution < -0.4 is 5.32 Å². The van der Waals surface area contributed by atoms with Crippen molar-refractivity contribution in [1.29, 1.82) is 0 Å². The maximum Gasteiger partial charge on any atom is 0.193 e. The molecule has 2 unspecified atom stereocenters. The fraction of sp³-hybridized carbons (Fsp3) is 0.933. The van der Waals surface area contributed by atoms with Gasteiger partial charge in [0.25, 0.3) is 0 Å². The van der Waals surface area contributed by atoms with E-state index in [1.807, 2.05) is 0 Å². The standard InChI is InChI=1S/C15H27N3O2.HI/c1-2-16-14(17-9-13-3-7-19-10-13)18-6-4-15(11-18)5-8-20-12-15;/h13H,2-12H2,1H3,(H,16,17);1H. The average Bonchev–Trinajstić information content (AvgIpc) is 3.18. The van der Waals surface area contributed by atoms with E-state index in [1.165, 1.54) is 12.8 Å². The predicted octanol–water partition coefficient (Wildman–Crippen LogP) is 1.72. The lowest BCUT2D eigenvalue weighted by atomic mass is 9.87. The van der Waals surface area contributed by atoms with Crippen molar-refractivity contribution >= 4 is 29.9 Å². The van der Waals surface area contributed by atoms with Crippen molar-refractivity contribution in [2.24, 2.45) is 16.3 Å². The van der Waals surface area contributed by atoms with Crippen LogP contribution in [0.25, 0.3) is 0 Å². The number of likely N-dealkylation sites (tertiary alicyclic amines) is 1. The van der Waals surface area contributed by atoms with Gasteiger partial charge in [0.15, 0.2) is 5.96 Å². The Morgan fingerprint density at radius 3 is 2.90 bits per heavy atom. The molecule has 0 aromatic rings. The molecule has 122 valence electrons. The molecular weight excluding hydrogens is 381 g/mol. The van der Waals surface area contributed by atoms with Crippen LogP contribution in [-0.4, -0.2) is 63.5 Å². The van der Waals surface area contributed by atoms with Gasteiger partial charge < -0.3 is 19.7 Å². The SMILES string of the molecule is CCNC(=NCC1CCOC1)N1CCC2(CCOC2)C1.I. The van der Waals surface area contributed by atoms with E-state index in [0.29, 0.717) is 11.3 Å². The number of guanidine groups is 1. The zero-order valence-corrected chi connectivity index (χ0v) is 15.3. The minimum Gasteiger partial charge on any atom is -0.381 e. The monoisotopic (exact) mass is 409 g/mol. The molecule has 6 heteroatoms. The largest absolute Gasteiger partial charge is 0.381 e. The quantitative estimate of drug-likeness (QED) is 0.438. The molecule has 1 N–H and O–H groups in total. The van der Waals surface area contributed by atoms with Gasteiger partial charge >= 0.3 is 0 Å². The lowest BCUT2D eigenvalue weighted by Crippen LogP contribution is -2.41. The molecule has 5 nitrogen and oxygen atoms in total. The highest BCUT2D eigenvalue weighted by molar-refractivity contribution is 14.0. The van der Waals surface area contributed by atoms with E-state index in [1.54, 1.807) is 0 Å². The van der Waals surface area contributed by atoms with E-state index in [4.69, 9.17) is 14.5 Å². The normalized spacial score (nSPS) is 32.7. The lowest BCUT2D eigenvalue weighted by Gasteiger charge is -2.25. The summed E-state index contributed by atoms with van der Waals surface area (Å²) in [7, 11) is 0. The van der Waals surface area contributed by atoms with Crippen LogP contribution in [-0.2, 0) is 9.47 Å². The second kappa shape index (κ2) is 7.97. The summed E-state index contributed by atoms with van der Waals surface area (Å²) in [6, 6.07) is 0. The fourth-order valence-corrected chi connectivity index (χ4v) is 3.46. The maximum absolute atomic E-state index is 5.61. The number of hydrogen-bond donors (Lipinski definition) is 1. The number of hydrogen-bond acceptors (Lipinski definition) is 3. The van der Waals surface area contributed by atoms with Crippen molar-refractivity contribution in [2.75, 3.05) is 52.6 Å². The van der Waals surface area contributed by atoms with Crippen molar-refractivity contribution in [3.8, 4) is 0 Å². The minimum absolute atomic E-state index is 0. The molecule has 3 saturated heterocycles. The molecule has 0 amide bonds. The Morgan fingerprint density at radius 2 is 2.24 bits per heavy atom. The van der Waals surface area contributed by atoms with Crippen LogP contribution in [0.2, 0.25) is 0 Å². The van der Waals surface area contributed by atoms with Crippen molar-refractivity contribution in [3.05, 3.63) is 0 Å². The Hall–Kier alpha value is -0.0800. The molecule has 3 rings (SSSR count). The first-order valence-corrected chi connectivity index (χ1v) is 8.00. The molecule has 21 heavy (non-hydrogen) atoms. The number of halogens is 1. The summed E-state index contributed by atoms with van der Waals surface area (Å²) in [5, 5.41) is 3.45. The molecule has 0 radical (unpaired) electrons. The fourth-order valence-electron chi connectivity index (χ4n) is 3.46. The van der Waals surface area contributed by atoms with Crippen LogP contribution in [0.1, 0.15) is 26.2 Å². The summed E-state index contributed by atoms with van der Waals surface area (Å²) in [5.74, 6) is 1.69. The van der Waals surface area contributed by atoms with Gasteiger partial charge in [0, 0.05) is 50.7 Å². The van der Waals surface area contributed by atoms with Gasteiger partial charge in [0.2, 0.25) is 0 Å². The Kier molecular flexibility index (Phi) is 6.55. The summed E-state index contributed by atoms with van der Waals surface area (Å²) in [4.78, 5) is 7.27. The number of nitrogens with zero attached hydrogens (tertiary/aromatic N) is 2. The first-order chi connectivity index (χ1) is 9.81. The number of aliphatic imine (C=N–C) groups is 1. The summed E-state index contributed by atoms with van der Waals surface area (Å²) >= 11 is 0. The first-order valence-electron chi connectivity index (χ1n) is 8.00. The molecule has 0 saturated carbocycles. The van der Waals surface area contributed by atoms with Crippen LogP contribution in [0.3, 0.4) is 0 Å². The maximum atomic E-state index is 5.61.